The highest BCUT2D eigenvalue weighted by molar-refractivity contribution is 5.61. The van der Waals surface area contributed by atoms with Crippen LogP contribution in [0.25, 0.3) is 0 Å². The van der Waals surface area contributed by atoms with Crippen LogP contribution in [0.1, 0.15) is 11.1 Å². The van der Waals surface area contributed by atoms with Crippen LogP contribution in [-0.4, -0.2) is 17.0 Å². The van der Waals surface area contributed by atoms with Crippen LogP contribution in [0.3, 0.4) is 0 Å². The van der Waals surface area contributed by atoms with Gasteiger partial charge in [0.15, 0.2) is 5.69 Å². The SMILES string of the molecule is CNc1c(Oc2ccc(F)c(C(F)(F)F)c2)ncnc1Oc1ccc(F)c(C(F)(F)F)c1. The van der Waals surface area contributed by atoms with E-state index in [1.54, 1.807) is 0 Å². The molecule has 32 heavy (non-hydrogen) atoms. The van der Waals surface area contributed by atoms with Crippen molar-refractivity contribution in [3.8, 4) is 23.3 Å². The number of aromatic nitrogens is 2. The summed E-state index contributed by atoms with van der Waals surface area (Å²) in [7, 11) is 1.33. The molecule has 0 saturated heterocycles. The predicted molar refractivity (Wildman–Crippen MR) is 94.5 cm³/mol. The minimum Gasteiger partial charge on any atom is -0.437 e. The molecule has 0 atom stereocenters. The molecule has 0 bridgehead atoms. The molecule has 0 aliphatic rings. The molecule has 1 heterocycles. The Labute approximate surface area is 174 Å². The second-order valence-electron chi connectivity index (χ2n) is 6.09. The van der Waals surface area contributed by atoms with Crippen molar-refractivity contribution in [2.75, 3.05) is 12.4 Å². The highest BCUT2D eigenvalue weighted by Crippen LogP contribution is 2.39. The normalized spacial score (nSPS) is 11.9. The van der Waals surface area contributed by atoms with Crippen molar-refractivity contribution in [2.45, 2.75) is 12.4 Å². The number of hydrogen-bond donors (Lipinski definition) is 1. The lowest BCUT2D eigenvalue weighted by Gasteiger charge is -2.15. The van der Waals surface area contributed by atoms with Crippen molar-refractivity contribution in [3.63, 3.8) is 0 Å². The molecule has 0 aliphatic heterocycles. The van der Waals surface area contributed by atoms with Gasteiger partial charge in [0, 0.05) is 7.05 Å². The van der Waals surface area contributed by atoms with Crippen molar-refractivity contribution in [1.29, 1.82) is 0 Å². The van der Waals surface area contributed by atoms with Crippen LogP contribution < -0.4 is 14.8 Å². The van der Waals surface area contributed by atoms with Crippen LogP contribution in [0.5, 0.6) is 23.3 Å². The molecule has 2 aromatic carbocycles. The fourth-order valence-corrected chi connectivity index (χ4v) is 2.52. The van der Waals surface area contributed by atoms with Crippen LogP contribution in [-0.2, 0) is 12.4 Å². The molecule has 3 rings (SSSR count). The zero-order valence-electron chi connectivity index (χ0n) is 15.8. The van der Waals surface area contributed by atoms with Gasteiger partial charge in [0.05, 0.1) is 11.1 Å². The third kappa shape index (κ3) is 4.98. The second-order valence-corrected chi connectivity index (χ2v) is 6.09. The maximum Gasteiger partial charge on any atom is 0.419 e. The summed E-state index contributed by atoms with van der Waals surface area (Å²) in [6.45, 7) is 0. The minimum absolute atomic E-state index is 0.150. The summed E-state index contributed by atoms with van der Waals surface area (Å²) in [4.78, 5) is 7.48. The van der Waals surface area contributed by atoms with Gasteiger partial charge in [-0.1, -0.05) is 0 Å². The van der Waals surface area contributed by atoms with E-state index < -0.39 is 46.6 Å². The van der Waals surface area contributed by atoms with Gasteiger partial charge in [-0.05, 0) is 36.4 Å². The highest BCUT2D eigenvalue weighted by atomic mass is 19.4. The molecule has 13 heteroatoms. The first-order chi connectivity index (χ1) is 14.9. The number of rotatable bonds is 5. The number of nitrogens with zero attached hydrogens (tertiary/aromatic N) is 2. The number of anilines is 1. The van der Waals surface area contributed by atoms with Gasteiger partial charge in [-0.3, -0.25) is 0 Å². The van der Waals surface area contributed by atoms with E-state index in [-0.39, 0.29) is 17.4 Å². The maximum absolute atomic E-state index is 13.5. The fraction of sp³-hybridized carbons (Fsp3) is 0.158. The molecule has 1 aromatic heterocycles. The van der Waals surface area contributed by atoms with E-state index in [2.05, 4.69) is 15.3 Å². The average molecular weight is 465 g/mol. The van der Waals surface area contributed by atoms with E-state index in [1.165, 1.54) is 7.05 Å². The molecule has 5 nitrogen and oxygen atoms in total. The molecule has 170 valence electrons. The summed E-state index contributed by atoms with van der Waals surface area (Å²) in [5.41, 5.74) is -3.29. The largest absolute Gasteiger partial charge is 0.437 e. The molecular weight excluding hydrogens is 454 g/mol. The Morgan fingerprint density at radius 1 is 0.719 bits per heavy atom. The Balaban J connectivity index is 1.95. The first-order valence-corrected chi connectivity index (χ1v) is 8.52. The highest BCUT2D eigenvalue weighted by Gasteiger charge is 2.35. The van der Waals surface area contributed by atoms with E-state index in [9.17, 15) is 35.1 Å². The molecule has 0 radical (unpaired) electrons. The monoisotopic (exact) mass is 465 g/mol. The Kier molecular flexibility index (Phi) is 6.10. The van der Waals surface area contributed by atoms with Gasteiger partial charge in [-0.2, -0.15) is 36.3 Å². The first kappa shape index (κ1) is 23.0. The van der Waals surface area contributed by atoms with Gasteiger partial charge >= 0.3 is 12.4 Å². The lowest BCUT2D eigenvalue weighted by atomic mass is 10.2. The summed E-state index contributed by atoms with van der Waals surface area (Å²) >= 11 is 0. The Morgan fingerprint density at radius 3 is 1.47 bits per heavy atom. The smallest absolute Gasteiger partial charge is 0.419 e. The van der Waals surface area contributed by atoms with Crippen LogP contribution >= 0.6 is 0 Å². The van der Waals surface area contributed by atoms with Crippen molar-refractivity contribution < 1.29 is 44.6 Å². The number of nitrogens with one attached hydrogen (secondary N) is 1. The molecular formula is C19H11F8N3O2. The second kappa shape index (κ2) is 8.48. The van der Waals surface area contributed by atoms with Crippen LogP contribution in [0.2, 0.25) is 0 Å². The molecule has 0 fully saturated rings. The van der Waals surface area contributed by atoms with Crippen LogP contribution in [0, 0.1) is 11.6 Å². The van der Waals surface area contributed by atoms with Gasteiger partial charge in [0.2, 0.25) is 11.8 Å². The van der Waals surface area contributed by atoms with Gasteiger partial charge in [0.25, 0.3) is 0 Å². The Morgan fingerprint density at radius 2 is 1.12 bits per heavy atom. The molecule has 0 spiro atoms. The number of hydrogen-bond acceptors (Lipinski definition) is 5. The predicted octanol–water partition coefficient (Wildman–Crippen LogP) is 6.42. The van der Waals surface area contributed by atoms with Gasteiger partial charge in [0.1, 0.15) is 29.5 Å². The number of benzene rings is 2. The zero-order chi connectivity index (χ0) is 23.7. The minimum atomic E-state index is -4.98. The van der Waals surface area contributed by atoms with Gasteiger partial charge in [-0.25, -0.2) is 8.78 Å². The van der Waals surface area contributed by atoms with Crippen molar-refractivity contribution >= 4 is 5.69 Å². The molecule has 0 unspecified atom stereocenters. The number of ether oxygens (including phenoxy) is 2. The third-order valence-electron chi connectivity index (χ3n) is 3.94. The summed E-state index contributed by atoms with van der Waals surface area (Å²) in [6, 6.07) is 3.75. The van der Waals surface area contributed by atoms with Crippen molar-refractivity contribution in [3.05, 3.63) is 65.5 Å². The van der Waals surface area contributed by atoms with E-state index in [1.807, 2.05) is 0 Å². The molecule has 0 saturated carbocycles. The zero-order valence-corrected chi connectivity index (χ0v) is 15.8. The topological polar surface area (TPSA) is 56.3 Å². The van der Waals surface area contributed by atoms with Crippen molar-refractivity contribution in [2.24, 2.45) is 0 Å². The fourth-order valence-electron chi connectivity index (χ4n) is 2.52. The summed E-state index contributed by atoms with van der Waals surface area (Å²) in [6.07, 6.45) is -9.09. The average Bonchev–Trinajstić information content (AvgIpc) is 2.69. The molecule has 1 N–H and O–H groups in total. The van der Waals surface area contributed by atoms with Crippen LogP contribution in [0.4, 0.5) is 40.8 Å². The van der Waals surface area contributed by atoms with Gasteiger partial charge < -0.3 is 14.8 Å². The standard InChI is InChI=1S/C19H11F8N3O2/c1-28-15-16(31-9-2-4-13(20)11(6-9)18(22,23)24)29-8-30-17(15)32-10-3-5-14(21)12(7-10)19(25,26)27/h2-8,28H,1H3. The Bertz CT molecular complexity index is 1050. The van der Waals surface area contributed by atoms with E-state index >= 15 is 0 Å². The molecule has 3 aromatic rings. The number of halogens is 8. The van der Waals surface area contributed by atoms with E-state index in [0.717, 1.165) is 18.5 Å². The van der Waals surface area contributed by atoms with E-state index in [4.69, 9.17) is 9.47 Å². The third-order valence-corrected chi connectivity index (χ3v) is 3.94. The van der Waals surface area contributed by atoms with Crippen molar-refractivity contribution in [1.82, 2.24) is 9.97 Å². The Hall–Kier alpha value is -3.64. The quantitative estimate of drug-likeness (QED) is 0.441. The van der Waals surface area contributed by atoms with E-state index in [0.29, 0.717) is 24.3 Å². The summed E-state index contributed by atoms with van der Waals surface area (Å²) in [5.74, 6) is -4.61. The van der Waals surface area contributed by atoms with Gasteiger partial charge in [-0.15, -0.1) is 0 Å². The maximum atomic E-state index is 13.5. The lowest BCUT2D eigenvalue weighted by Crippen LogP contribution is -2.09. The van der Waals surface area contributed by atoms with Crippen LogP contribution in [0.15, 0.2) is 42.7 Å². The first-order valence-electron chi connectivity index (χ1n) is 8.52. The molecule has 0 aliphatic carbocycles. The summed E-state index contributed by atoms with van der Waals surface area (Å²) in [5, 5.41) is 2.55. The lowest BCUT2D eigenvalue weighted by molar-refractivity contribution is -0.140. The summed E-state index contributed by atoms with van der Waals surface area (Å²) < 4.78 is 115. The molecule has 0 amide bonds. The number of alkyl halides is 6.